The molecule has 0 aliphatic heterocycles. The molecular weight excluding hydrogens is 292 g/mol. The predicted molar refractivity (Wildman–Crippen MR) is 81.7 cm³/mol. The molecule has 0 saturated heterocycles. The molecule has 1 N–H and O–H groups in total. The van der Waals surface area contributed by atoms with Crippen LogP contribution in [0, 0.1) is 11.7 Å². The highest BCUT2D eigenvalue weighted by atomic mass is 35.5. The number of benzene rings is 1. The van der Waals surface area contributed by atoms with E-state index in [1.54, 1.807) is 10.8 Å². The third-order valence-corrected chi connectivity index (χ3v) is 3.50. The molecule has 3 aromatic rings. The molecule has 4 nitrogen and oxygen atoms in total. The van der Waals surface area contributed by atoms with Crippen LogP contribution in [0.5, 0.6) is 0 Å². The van der Waals surface area contributed by atoms with Gasteiger partial charge in [0, 0.05) is 6.20 Å². The van der Waals surface area contributed by atoms with Crippen LogP contribution in [-0.2, 0) is 0 Å². The Kier molecular flexibility index (Phi) is 3.38. The van der Waals surface area contributed by atoms with E-state index < -0.39 is 0 Å². The summed E-state index contributed by atoms with van der Waals surface area (Å²) < 4.78 is 2.28. The van der Waals surface area contributed by atoms with Crippen molar-refractivity contribution in [2.45, 2.75) is 6.92 Å². The van der Waals surface area contributed by atoms with Crippen molar-refractivity contribution in [2.75, 3.05) is 0 Å². The smallest absolute Gasteiger partial charge is 0.200 e. The van der Waals surface area contributed by atoms with Crippen LogP contribution in [0.2, 0.25) is 5.02 Å². The molecule has 0 aliphatic carbocycles. The fourth-order valence-electron chi connectivity index (χ4n) is 1.98. The van der Waals surface area contributed by atoms with E-state index in [0.29, 0.717) is 15.6 Å². The second-order valence-electron chi connectivity index (χ2n) is 4.36. The van der Waals surface area contributed by atoms with E-state index >= 15 is 0 Å². The Morgan fingerprint density at radius 3 is 2.85 bits per heavy atom. The van der Waals surface area contributed by atoms with Crippen molar-refractivity contribution in [3.05, 3.63) is 58.0 Å². The third kappa shape index (κ3) is 2.26. The number of pyridine rings is 1. The number of aromatic nitrogens is 4. The number of halogens is 1. The first-order valence-electron chi connectivity index (χ1n) is 6.02. The van der Waals surface area contributed by atoms with Crippen molar-refractivity contribution < 1.29 is 0 Å². The molecule has 1 aromatic carbocycles. The maximum atomic E-state index is 6.29. The summed E-state index contributed by atoms with van der Waals surface area (Å²) in [5.41, 5.74) is 2.63. The Morgan fingerprint density at radius 1 is 1.25 bits per heavy atom. The minimum absolute atomic E-state index is 0.484. The Morgan fingerprint density at radius 2 is 2.10 bits per heavy atom. The minimum atomic E-state index is 0.484. The van der Waals surface area contributed by atoms with Crippen LogP contribution >= 0.6 is 23.8 Å². The van der Waals surface area contributed by atoms with Crippen LogP contribution in [0.1, 0.15) is 5.56 Å². The SMILES string of the molecule is Cc1ccc(Cl)c(-n2c(-c3ccccn3)n[nH]c2=S)c1. The molecular formula is C14H11ClN4S. The van der Waals surface area contributed by atoms with Crippen LogP contribution in [0.3, 0.4) is 0 Å². The van der Waals surface area contributed by atoms with Gasteiger partial charge in [-0.2, -0.15) is 5.10 Å². The number of hydrogen-bond acceptors (Lipinski definition) is 3. The summed E-state index contributed by atoms with van der Waals surface area (Å²) in [5.74, 6) is 0.642. The molecule has 0 unspecified atom stereocenters. The maximum Gasteiger partial charge on any atom is 0.200 e. The third-order valence-electron chi connectivity index (χ3n) is 2.91. The molecule has 0 bridgehead atoms. The van der Waals surface area contributed by atoms with Gasteiger partial charge in [-0.3, -0.25) is 14.6 Å². The molecule has 0 saturated carbocycles. The summed E-state index contributed by atoms with van der Waals surface area (Å²) in [6.45, 7) is 2.00. The van der Waals surface area contributed by atoms with Crippen molar-refractivity contribution in [2.24, 2.45) is 0 Å². The van der Waals surface area contributed by atoms with Crippen LogP contribution < -0.4 is 0 Å². The van der Waals surface area contributed by atoms with Gasteiger partial charge in [0.05, 0.1) is 10.7 Å². The van der Waals surface area contributed by atoms with Crippen molar-refractivity contribution in [3.63, 3.8) is 0 Å². The molecule has 0 spiro atoms. The second kappa shape index (κ2) is 5.19. The lowest BCUT2D eigenvalue weighted by Gasteiger charge is -2.09. The summed E-state index contributed by atoms with van der Waals surface area (Å²) in [5, 5.41) is 7.67. The summed E-state index contributed by atoms with van der Waals surface area (Å²) in [6, 6.07) is 11.4. The van der Waals surface area contributed by atoms with Crippen molar-refractivity contribution in [1.29, 1.82) is 0 Å². The van der Waals surface area contributed by atoms with Gasteiger partial charge in [0.15, 0.2) is 10.6 Å². The quantitative estimate of drug-likeness (QED) is 0.729. The summed E-state index contributed by atoms with van der Waals surface area (Å²) in [7, 11) is 0. The molecule has 3 rings (SSSR count). The van der Waals surface area contributed by atoms with Gasteiger partial charge in [-0.15, -0.1) is 0 Å². The number of aromatic amines is 1. The topological polar surface area (TPSA) is 46.5 Å². The van der Waals surface area contributed by atoms with Gasteiger partial charge in [0.25, 0.3) is 0 Å². The highest BCUT2D eigenvalue weighted by molar-refractivity contribution is 7.71. The standard InChI is InChI=1S/C14H11ClN4S/c1-9-5-6-10(15)12(8-9)19-13(17-18-14(19)20)11-4-2-3-7-16-11/h2-8H,1H3,(H,18,20). The summed E-state index contributed by atoms with van der Waals surface area (Å²) >= 11 is 11.6. The van der Waals surface area contributed by atoms with E-state index in [0.717, 1.165) is 16.9 Å². The van der Waals surface area contributed by atoms with Gasteiger partial charge in [-0.1, -0.05) is 23.7 Å². The fraction of sp³-hybridized carbons (Fsp3) is 0.0714. The molecule has 2 heterocycles. The fourth-order valence-corrected chi connectivity index (χ4v) is 2.41. The predicted octanol–water partition coefficient (Wildman–Crippen LogP) is 3.95. The van der Waals surface area contributed by atoms with Crippen LogP contribution in [0.15, 0.2) is 42.6 Å². The lowest BCUT2D eigenvalue weighted by atomic mass is 10.2. The Hall–Kier alpha value is -1.98. The van der Waals surface area contributed by atoms with Gasteiger partial charge in [0.1, 0.15) is 5.69 Å². The normalized spacial score (nSPS) is 10.7. The average molecular weight is 303 g/mol. The monoisotopic (exact) mass is 302 g/mol. The van der Waals surface area contributed by atoms with Crippen molar-refractivity contribution in [1.82, 2.24) is 19.7 Å². The highest BCUT2D eigenvalue weighted by Crippen LogP contribution is 2.26. The average Bonchev–Trinajstić information content (AvgIpc) is 2.84. The lowest BCUT2D eigenvalue weighted by molar-refractivity contribution is 1.03. The lowest BCUT2D eigenvalue weighted by Crippen LogP contribution is -2.00. The first-order valence-corrected chi connectivity index (χ1v) is 6.81. The molecule has 20 heavy (non-hydrogen) atoms. The highest BCUT2D eigenvalue weighted by Gasteiger charge is 2.14. The van der Waals surface area contributed by atoms with Crippen LogP contribution in [-0.4, -0.2) is 19.7 Å². The molecule has 0 atom stereocenters. The first kappa shape index (κ1) is 13.0. The number of aryl methyl sites for hydroxylation is 1. The molecule has 2 aromatic heterocycles. The largest absolute Gasteiger partial charge is 0.265 e. The van der Waals surface area contributed by atoms with Gasteiger partial charge >= 0.3 is 0 Å². The van der Waals surface area contributed by atoms with E-state index in [-0.39, 0.29) is 0 Å². The summed E-state index contributed by atoms with van der Waals surface area (Å²) in [6.07, 6.45) is 1.72. The first-order chi connectivity index (χ1) is 9.66. The molecule has 100 valence electrons. The van der Waals surface area contributed by atoms with Crippen molar-refractivity contribution >= 4 is 23.8 Å². The Labute approximate surface area is 126 Å². The summed E-state index contributed by atoms with van der Waals surface area (Å²) in [4.78, 5) is 4.31. The van der Waals surface area contributed by atoms with E-state index in [1.165, 1.54) is 0 Å². The Bertz CT molecular complexity index is 808. The minimum Gasteiger partial charge on any atom is -0.265 e. The van der Waals surface area contributed by atoms with E-state index in [9.17, 15) is 0 Å². The van der Waals surface area contributed by atoms with Crippen molar-refractivity contribution in [3.8, 4) is 17.2 Å². The van der Waals surface area contributed by atoms with E-state index in [1.807, 2.05) is 43.3 Å². The molecule has 0 radical (unpaired) electrons. The number of H-pyrrole nitrogens is 1. The number of nitrogens with one attached hydrogen (secondary N) is 1. The zero-order valence-corrected chi connectivity index (χ0v) is 12.2. The number of nitrogens with zero attached hydrogens (tertiary/aromatic N) is 3. The van der Waals surface area contributed by atoms with E-state index in [2.05, 4.69) is 15.2 Å². The number of rotatable bonds is 2. The molecule has 0 fully saturated rings. The molecule has 0 amide bonds. The van der Waals surface area contributed by atoms with Gasteiger partial charge in [-0.25, -0.2) is 0 Å². The second-order valence-corrected chi connectivity index (χ2v) is 5.15. The Balaban J connectivity index is 2.27. The molecule has 6 heteroatoms. The maximum absolute atomic E-state index is 6.29. The van der Waals surface area contributed by atoms with Gasteiger partial charge < -0.3 is 0 Å². The number of hydrogen-bond donors (Lipinski definition) is 1. The zero-order valence-electron chi connectivity index (χ0n) is 10.7. The van der Waals surface area contributed by atoms with Crippen LogP contribution in [0.25, 0.3) is 17.2 Å². The van der Waals surface area contributed by atoms with E-state index in [4.69, 9.17) is 23.8 Å². The van der Waals surface area contributed by atoms with Gasteiger partial charge in [-0.05, 0) is 49.0 Å². The van der Waals surface area contributed by atoms with Crippen LogP contribution in [0.4, 0.5) is 0 Å². The zero-order chi connectivity index (χ0) is 14.1. The molecule has 0 aliphatic rings. The van der Waals surface area contributed by atoms with Gasteiger partial charge in [0.2, 0.25) is 0 Å².